The lowest BCUT2D eigenvalue weighted by Gasteiger charge is -2.42. The molecule has 1 aromatic rings. The van der Waals surface area contributed by atoms with Crippen molar-refractivity contribution in [3.63, 3.8) is 0 Å². The van der Waals surface area contributed by atoms with Crippen LogP contribution in [-0.4, -0.2) is 55.7 Å². The number of ether oxygens (including phenoxy) is 1. The van der Waals surface area contributed by atoms with Crippen LogP contribution in [0, 0.1) is 0 Å². The van der Waals surface area contributed by atoms with E-state index in [0.29, 0.717) is 5.69 Å². The fourth-order valence-corrected chi connectivity index (χ4v) is 5.25. The second-order valence-corrected chi connectivity index (χ2v) is 8.41. The third-order valence-electron chi connectivity index (χ3n) is 4.70. The molecule has 0 aromatic heterocycles. The van der Waals surface area contributed by atoms with Crippen LogP contribution in [0.2, 0.25) is 0 Å². The van der Waals surface area contributed by atoms with E-state index in [9.17, 15) is 19.5 Å². The van der Waals surface area contributed by atoms with Crippen LogP contribution < -0.4 is 5.32 Å². The lowest BCUT2D eigenvalue weighted by atomic mass is 9.89. The quantitative estimate of drug-likeness (QED) is 0.622. The van der Waals surface area contributed by atoms with Crippen molar-refractivity contribution < 1.29 is 24.2 Å². The predicted molar refractivity (Wildman–Crippen MR) is 86.4 cm³/mol. The zero-order valence-electron chi connectivity index (χ0n) is 13.1. The zero-order valence-corrected chi connectivity index (χ0v) is 13.9. The number of rotatable bonds is 3. The minimum atomic E-state index is -1.20. The van der Waals surface area contributed by atoms with E-state index in [1.165, 1.54) is 16.7 Å². The summed E-state index contributed by atoms with van der Waals surface area (Å²) in [5, 5.41) is 11.7. The summed E-state index contributed by atoms with van der Waals surface area (Å²) in [5.74, 6) is -1.83. The summed E-state index contributed by atoms with van der Waals surface area (Å²) in [6.07, 6.45) is -0.873. The number of aliphatic carboxylic acids is 1. The van der Waals surface area contributed by atoms with Gasteiger partial charge in [0.05, 0.1) is 0 Å². The lowest BCUT2D eigenvalue weighted by molar-refractivity contribution is -0.165. The fraction of sp³-hybridized carbons (Fsp3) is 0.438. The van der Waals surface area contributed by atoms with Gasteiger partial charge in [-0.05, 0) is 26.0 Å². The molecule has 2 amide bonds. The van der Waals surface area contributed by atoms with Gasteiger partial charge in [-0.3, -0.25) is 9.59 Å². The van der Waals surface area contributed by atoms with E-state index in [2.05, 4.69) is 5.32 Å². The summed E-state index contributed by atoms with van der Waals surface area (Å²) in [6, 6.07) is 8.00. The van der Waals surface area contributed by atoms with Crippen LogP contribution in [0.25, 0.3) is 0 Å². The Kier molecular flexibility index (Phi) is 3.05. The average molecular weight is 348 g/mol. The van der Waals surface area contributed by atoms with Crippen molar-refractivity contribution >= 4 is 35.2 Å². The SMILES string of the molecule is CC1(C)S[C@H]2N(C(=O)[C@]23O[C@@H]3C(=O)Nc2ccccc2)[C@H]1C(=O)O. The molecule has 4 rings (SSSR count). The van der Waals surface area contributed by atoms with Gasteiger partial charge in [0, 0.05) is 10.4 Å². The Balaban J connectivity index is 1.52. The van der Waals surface area contributed by atoms with Crippen molar-refractivity contribution in [2.75, 3.05) is 5.32 Å². The first-order chi connectivity index (χ1) is 11.3. The second-order valence-electron chi connectivity index (χ2n) is 6.67. The monoisotopic (exact) mass is 348 g/mol. The zero-order chi connectivity index (χ0) is 17.3. The number of fused-ring (bicyclic) bond motifs is 2. The van der Waals surface area contributed by atoms with Crippen molar-refractivity contribution in [1.29, 1.82) is 0 Å². The lowest BCUT2D eigenvalue weighted by Crippen LogP contribution is -2.69. The van der Waals surface area contributed by atoms with Crippen LogP contribution in [0.1, 0.15) is 13.8 Å². The van der Waals surface area contributed by atoms with E-state index in [4.69, 9.17) is 4.74 Å². The van der Waals surface area contributed by atoms with Crippen molar-refractivity contribution in [1.82, 2.24) is 4.90 Å². The van der Waals surface area contributed by atoms with E-state index in [-0.39, 0.29) is 5.91 Å². The summed E-state index contributed by atoms with van der Waals surface area (Å²) in [5.41, 5.74) is -0.579. The molecule has 3 fully saturated rings. The maximum absolute atomic E-state index is 12.5. The van der Waals surface area contributed by atoms with Crippen molar-refractivity contribution in [3.05, 3.63) is 30.3 Å². The van der Waals surface area contributed by atoms with Crippen molar-refractivity contribution in [2.24, 2.45) is 0 Å². The molecule has 1 aromatic carbocycles. The van der Waals surface area contributed by atoms with Crippen molar-refractivity contribution in [2.45, 2.75) is 41.7 Å². The minimum absolute atomic E-state index is 0.383. The van der Waals surface area contributed by atoms with Gasteiger partial charge in [-0.25, -0.2) is 4.79 Å². The number of carbonyl (C=O) groups excluding carboxylic acids is 2. The molecule has 3 aliphatic rings. The second kappa shape index (κ2) is 4.73. The number of β-lactam (4-membered cyclic amide) rings is 1. The van der Waals surface area contributed by atoms with Crippen LogP contribution in [-0.2, 0) is 19.1 Å². The summed E-state index contributed by atoms with van der Waals surface area (Å²) < 4.78 is 4.87. The van der Waals surface area contributed by atoms with Gasteiger partial charge in [0.15, 0.2) is 6.10 Å². The molecule has 2 N–H and O–H groups in total. The van der Waals surface area contributed by atoms with Gasteiger partial charge < -0.3 is 20.1 Å². The average Bonchev–Trinajstić information content (AvgIpc) is 3.24. The molecule has 3 aliphatic heterocycles. The van der Waals surface area contributed by atoms with E-state index in [1.807, 2.05) is 6.07 Å². The Morgan fingerprint density at radius 3 is 2.58 bits per heavy atom. The number of benzene rings is 1. The number of thioether (sulfide) groups is 1. The molecule has 24 heavy (non-hydrogen) atoms. The largest absolute Gasteiger partial charge is 0.480 e. The number of epoxide rings is 1. The number of para-hydroxylation sites is 1. The Morgan fingerprint density at radius 2 is 1.96 bits per heavy atom. The maximum Gasteiger partial charge on any atom is 0.327 e. The Morgan fingerprint density at radius 1 is 1.29 bits per heavy atom. The molecule has 8 heteroatoms. The highest BCUT2D eigenvalue weighted by atomic mass is 32.2. The highest BCUT2D eigenvalue weighted by Gasteiger charge is 2.84. The standard InChI is InChI=1S/C16H16N2O5S/c1-15(2)9(12(20)21)18-13(22)16(14(18)24-15)10(23-16)11(19)17-8-6-4-3-5-7-8/h3-7,9-10,14H,1-2H3,(H,17,19)(H,20,21)/t9-,10+,14+,16-/m0/s1. The molecule has 0 bridgehead atoms. The number of hydrogen-bond acceptors (Lipinski definition) is 5. The molecule has 3 heterocycles. The molecule has 4 atom stereocenters. The smallest absolute Gasteiger partial charge is 0.327 e. The third kappa shape index (κ3) is 1.86. The molecule has 0 saturated carbocycles. The first-order valence-electron chi connectivity index (χ1n) is 7.56. The number of amides is 2. The number of nitrogens with one attached hydrogen (secondary N) is 1. The van der Waals surface area contributed by atoms with E-state index < -0.39 is 39.7 Å². The molecule has 0 unspecified atom stereocenters. The molecule has 1 spiro atoms. The van der Waals surface area contributed by atoms with Gasteiger partial charge in [0.1, 0.15) is 11.4 Å². The van der Waals surface area contributed by atoms with E-state index in [0.717, 1.165) is 0 Å². The molecule has 0 aliphatic carbocycles. The minimum Gasteiger partial charge on any atom is -0.480 e. The van der Waals surface area contributed by atoms with Gasteiger partial charge in [-0.1, -0.05) is 18.2 Å². The Labute approximate surface area is 142 Å². The van der Waals surface area contributed by atoms with Gasteiger partial charge >= 0.3 is 5.97 Å². The Bertz CT molecular complexity index is 752. The molecule has 7 nitrogen and oxygen atoms in total. The van der Waals surface area contributed by atoms with Crippen LogP contribution in [0.4, 0.5) is 5.69 Å². The summed E-state index contributed by atoms with van der Waals surface area (Å²) >= 11 is 1.37. The molecular formula is C16H16N2O5S. The van der Waals surface area contributed by atoms with Crippen LogP contribution in [0.15, 0.2) is 30.3 Å². The normalized spacial score (nSPS) is 35.3. The topological polar surface area (TPSA) is 99.2 Å². The molecule has 3 saturated heterocycles. The molecular weight excluding hydrogens is 332 g/mol. The van der Waals surface area contributed by atoms with Gasteiger partial charge in [-0.15, -0.1) is 11.8 Å². The van der Waals surface area contributed by atoms with E-state index in [1.54, 1.807) is 38.1 Å². The number of anilines is 1. The first-order valence-corrected chi connectivity index (χ1v) is 8.44. The number of hydrogen-bond donors (Lipinski definition) is 2. The van der Waals surface area contributed by atoms with Crippen LogP contribution >= 0.6 is 11.8 Å². The number of nitrogens with zero attached hydrogens (tertiary/aromatic N) is 1. The maximum atomic E-state index is 12.5. The highest BCUT2D eigenvalue weighted by Crippen LogP contribution is 2.63. The fourth-order valence-electron chi connectivity index (χ4n) is 3.54. The summed E-state index contributed by atoms with van der Waals surface area (Å²) in [6.45, 7) is 3.58. The third-order valence-corrected chi connectivity index (χ3v) is 6.33. The summed E-state index contributed by atoms with van der Waals surface area (Å²) in [4.78, 5) is 37.8. The van der Waals surface area contributed by atoms with E-state index >= 15 is 0 Å². The number of carboxylic acids is 1. The first kappa shape index (κ1) is 15.5. The number of carboxylic acid groups (broad SMARTS) is 1. The van der Waals surface area contributed by atoms with Gasteiger partial charge in [0.2, 0.25) is 5.60 Å². The highest BCUT2D eigenvalue weighted by molar-refractivity contribution is 8.01. The summed E-state index contributed by atoms with van der Waals surface area (Å²) in [7, 11) is 0. The van der Waals surface area contributed by atoms with Gasteiger partial charge in [0.25, 0.3) is 11.8 Å². The molecule has 0 radical (unpaired) electrons. The predicted octanol–water partition coefficient (Wildman–Crippen LogP) is 0.910. The van der Waals surface area contributed by atoms with Crippen LogP contribution in [0.3, 0.4) is 0 Å². The molecule has 126 valence electrons. The van der Waals surface area contributed by atoms with Gasteiger partial charge in [-0.2, -0.15) is 0 Å². The Hall–Kier alpha value is -2.06. The van der Waals surface area contributed by atoms with Crippen LogP contribution in [0.5, 0.6) is 0 Å². The number of carbonyl (C=O) groups is 3. The van der Waals surface area contributed by atoms with Crippen molar-refractivity contribution in [3.8, 4) is 0 Å².